The van der Waals surface area contributed by atoms with Crippen LogP contribution in [0.2, 0.25) is 0 Å². The van der Waals surface area contributed by atoms with Gasteiger partial charge in [0, 0.05) is 14.9 Å². The molecule has 4 aromatic rings. The van der Waals surface area contributed by atoms with Gasteiger partial charge in [0.15, 0.2) is 0 Å². The first-order valence-corrected chi connectivity index (χ1v) is 9.72. The van der Waals surface area contributed by atoms with Gasteiger partial charge in [0.2, 0.25) is 5.89 Å². The molecule has 0 amide bonds. The maximum atomic E-state index is 5.87. The first-order valence-electron chi connectivity index (χ1n) is 7.94. The molecule has 0 saturated heterocycles. The molecule has 5 nitrogen and oxygen atoms in total. The summed E-state index contributed by atoms with van der Waals surface area (Å²) in [4.78, 5) is 1.12. The lowest BCUT2D eigenvalue weighted by Crippen LogP contribution is -1.84. The molecular formula is C19H14BrN3O2S. The van der Waals surface area contributed by atoms with E-state index in [2.05, 4.69) is 31.3 Å². The molecule has 26 heavy (non-hydrogen) atoms. The van der Waals surface area contributed by atoms with E-state index in [-0.39, 0.29) is 0 Å². The zero-order valence-electron chi connectivity index (χ0n) is 13.8. The van der Waals surface area contributed by atoms with Crippen molar-refractivity contribution >= 4 is 27.7 Å². The van der Waals surface area contributed by atoms with E-state index < -0.39 is 0 Å². The quantitative estimate of drug-likeness (QED) is 0.377. The summed E-state index contributed by atoms with van der Waals surface area (Å²) in [6.45, 7) is 1.84. The first-order chi connectivity index (χ1) is 12.7. The lowest BCUT2D eigenvalue weighted by atomic mass is 10.1. The van der Waals surface area contributed by atoms with Crippen LogP contribution in [0.1, 0.15) is 11.7 Å². The Hall–Kier alpha value is -2.38. The minimum atomic E-state index is 0.422. The third-order valence-corrected chi connectivity index (χ3v) is 5.79. The fraction of sp³-hybridized carbons (Fsp3) is 0.105. The fourth-order valence-corrected chi connectivity index (χ4v) is 3.94. The normalized spacial score (nSPS) is 11.0. The number of aryl methyl sites for hydroxylation is 1. The Morgan fingerprint density at radius 1 is 1.00 bits per heavy atom. The Labute approximate surface area is 162 Å². The molecule has 2 aromatic carbocycles. The predicted octanol–water partition coefficient (Wildman–Crippen LogP) is 5.75. The average molecular weight is 428 g/mol. The molecule has 7 heteroatoms. The van der Waals surface area contributed by atoms with E-state index in [9.17, 15) is 0 Å². The van der Waals surface area contributed by atoms with Gasteiger partial charge in [-0.15, -0.1) is 22.0 Å². The molecule has 2 aromatic heterocycles. The number of benzene rings is 2. The van der Waals surface area contributed by atoms with E-state index in [1.807, 2.05) is 61.5 Å². The van der Waals surface area contributed by atoms with E-state index in [0.717, 1.165) is 20.5 Å². The Morgan fingerprint density at radius 3 is 2.58 bits per heavy atom. The number of thioether (sulfide) groups is 1. The Bertz CT molecular complexity index is 1030. The molecule has 0 saturated carbocycles. The molecule has 2 heterocycles. The number of hydrogen-bond acceptors (Lipinski definition) is 6. The summed E-state index contributed by atoms with van der Waals surface area (Å²) in [7, 11) is 0. The average Bonchev–Trinajstić information content (AvgIpc) is 3.28. The summed E-state index contributed by atoms with van der Waals surface area (Å²) < 4.78 is 12.3. The highest BCUT2D eigenvalue weighted by molar-refractivity contribution is 9.10. The molecule has 0 aliphatic heterocycles. The minimum Gasteiger partial charge on any atom is -0.420 e. The van der Waals surface area contributed by atoms with Crippen LogP contribution in [0.15, 0.2) is 72.9 Å². The topological polar surface area (TPSA) is 65.0 Å². The fourth-order valence-electron chi connectivity index (χ4n) is 2.53. The molecule has 0 spiro atoms. The SMILES string of the molecule is Cc1onc(-c2ccccc2)c1-c1nnc(CSc2ccccc2Br)o1. The third kappa shape index (κ3) is 3.45. The number of halogens is 1. The van der Waals surface area contributed by atoms with Gasteiger partial charge in [-0.05, 0) is 35.0 Å². The molecule has 0 atom stereocenters. The Balaban J connectivity index is 1.59. The van der Waals surface area contributed by atoms with Gasteiger partial charge in [-0.25, -0.2) is 0 Å². The summed E-state index contributed by atoms with van der Waals surface area (Å²) in [5.74, 6) is 2.21. The lowest BCUT2D eigenvalue weighted by Gasteiger charge is -2.01. The Kier molecular flexibility index (Phi) is 4.90. The van der Waals surface area contributed by atoms with Crippen molar-refractivity contribution in [3.8, 4) is 22.7 Å². The standard InChI is InChI=1S/C19H14BrN3O2S/c1-12-17(18(23-25-12)13-7-3-2-4-8-13)19-22-21-16(24-19)11-26-15-10-6-5-9-14(15)20/h2-10H,11H2,1H3. The van der Waals surface area contributed by atoms with Crippen LogP contribution in [0, 0.1) is 6.92 Å². The number of rotatable bonds is 5. The van der Waals surface area contributed by atoms with Crippen molar-refractivity contribution in [2.24, 2.45) is 0 Å². The maximum absolute atomic E-state index is 5.87. The molecule has 0 bridgehead atoms. The molecule has 0 aliphatic carbocycles. The second kappa shape index (κ2) is 7.47. The summed E-state index contributed by atoms with van der Waals surface area (Å²) in [5.41, 5.74) is 2.39. The van der Waals surface area contributed by atoms with Gasteiger partial charge in [0.25, 0.3) is 5.89 Å². The van der Waals surface area contributed by atoms with Crippen molar-refractivity contribution in [2.45, 2.75) is 17.6 Å². The molecule has 0 N–H and O–H groups in total. The van der Waals surface area contributed by atoms with Crippen LogP contribution in [0.4, 0.5) is 0 Å². The largest absolute Gasteiger partial charge is 0.420 e. The van der Waals surface area contributed by atoms with Crippen molar-refractivity contribution in [1.29, 1.82) is 0 Å². The van der Waals surface area contributed by atoms with E-state index in [0.29, 0.717) is 29.0 Å². The van der Waals surface area contributed by atoms with E-state index in [4.69, 9.17) is 8.94 Å². The van der Waals surface area contributed by atoms with Gasteiger partial charge in [-0.1, -0.05) is 47.6 Å². The molecule has 0 radical (unpaired) electrons. The smallest absolute Gasteiger partial charge is 0.253 e. The van der Waals surface area contributed by atoms with Gasteiger partial charge >= 0.3 is 0 Å². The highest BCUT2D eigenvalue weighted by Gasteiger charge is 2.21. The zero-order chi connectivity index (χ0) is 17.9. The molecule has 130 valence electrons. The van der Waals surface area contributed by atoms with Crippen molar-refractivity contribution < 1.29 is 8.94 Å². The first kappa shape index (κ1) is 17.1. The summed E-state index contributed by atoms with van der Waals surface area (Å²) in [5, 5.41) is 12.5. The van der Waals surface area contributed by atoms with Gasteiger partial charge in [-0.2, -0.15) is 0 Å². The van der Waals surface area contributed by atoms with E-state index >= 15 is 0 Å². The minimum absolute atomic E-state index is 0.422. The van der Waals surface area contributed by atoms with Crippen molar-refractivity contribution in [2.75, 3.05) is 0 Å². The van der Waals surface area contributed by atoms with Crippen molar-refractivity contribution in [3.05, 3.63) is 70.7 Å². The molecule has 4 rings (SSSR count). The zero-order valence-corrected chi connectivity index (χ0v) is 16.3. The van der Waals surface area contributed by atoms with Crippen LogP contribution < -0.4 is 0 Å². The second-order valence-corrected chi connectivity index (χ2v) is 7.42. The van der Waals surface area contributed by atoms with E-state index in [1.165, 1.54) is 0 Å². The van der Waals surface area contributed by atoms with Crippen molar-refractivity contribution in [1.82, 2.24) is 15.4 Å². The van der Waals surface area contributed by atoms with Crippen LogP contribution in [-0.2, 0) is 5.75 Å². The van der Waals surface area contributed by atoms with Crippen LogP contribution in [0.5, 0.6) is 0 Å². The van der Waals surface area contributed by atoms with Gasteiger partial charge in [-0.3, -0.25) is 0 Å². The molecule has 0 fully saturated rings. The van der Waals surface area contributed by atoms with Crippen LogP contribution >= 0.6 is 27.7 Å². The van der Waals surface area contributed by atoms with Gasteiger partial charge in [0.05, 0.1) is 5.75 Å². The summed E-state index contributed by atoms with van der Waals surface area (Å²) in [6, 6.07) is 17.9. The molecule has 0 aliphatic rings. The van der Waals surface area contributed by atoms with E-state index in [1.54, 1.807) is 11.8 Å². The summed E-state index contributed by atoms with van der Waals surface area (Å²) >= 11 is 5.18. The highest BCUT2D eigenvalue weighted by Crippen LogP contribution is 2.34. The second-order valence-electron chi connectivity index (χ2n) is 5.55. The maximum Gasteiger partial charge on any atom is 0.253 e. The van der Waals surface area contributed by atoms with Crippen molar-refractivity contribution in [3.63, 3.8) is 0 Å². The monoisotopic (exact) mass is 427 g/mol. The van der Waals surface area contributed by atoms with Gasteiger partial charge in [0.1, 0.15) is 17.0 Å². The highest BCUT2D eigenvalue weighted by atomic mass is 79.9. The van der Waals surface area contributed by atoms with Crippen LogP contribution in [0.25, 0.3) is 22.7 Å². The predicted molar refractivity (Wildman–Crippen MR) is 104 cm³/mol. The summed E-state index contributed by atoms with van der Waals surface area (Å²) in [6.07, 6.45) is 0. The third-order valence-electron chi connectivity index (χ3n) is 3.78. The molecule has 0 unspecified atom stereocenters. The molecular weight excluding hydrogens is 414 g/mol. The van der Waals surface area contributed by atoms with Crippen LogP contribution in [-0.4, -0.2) is 15.4 Å². The van der Waals surface area contributed by atoms with Crippen LogP contribution in [0.3, 0.4) is 0 Å². The number of nitrogens with zero attached hydrogens (tertiary/aromatic N) is 3. The number of aromatic nitrogens is 3. The Morgan fingerprint density at radius 2 is 1.77 bits per heavy atom. The number of hydrogen-bond donors (Lipinski definition) is 0. The van der Waals surface area contributed by atoms with Gasteiger partial charge < -0.3 is 8.94 Å². The lowest BCUT2D eigenvalue weighted by molar-refractivity contribution is 0.399.